The van der Waals surface area contributed by atoms with Crippen LogP contribution >= 0.6 is 23.2 Å². The first kappa shape index (κ1) is 24.7. The molecule has 0 aliphatic rings. The van der Waals surface area contributed by atoms with Gasteiger partial charge in [-0.3, -0.25) is 9.82 Å². The number of nitrogen functional groups attached to an aromatic ring is 1. The predicted octanol–water partition coefficient (Wildman–Crippen LogP) is 4.13. The third-order valence-electron chi connectivity index (χ3n) is 4.99. The quantitative estimate of drug-likeness (QED) is 0.289. The molecule has 0 spiro atoms. The molecule has 0 saturated heterocycles. The first-order valence-electron chi connectivity index (χ1n) is 9.74. The molecular weight excluding hydrogens is 523 g/mol. The fourth-order valence-corrected chi connectivity index (χ4v) is 5.28. The predicted molar refractivity (Wildman–Crippen MR) is 129 cm³/mol. The standard InChI is InChI=1S/C22H15Cl2F2N5O3S/c1-10-18-21(30-29-10)11(8-28-22(18)27)2-3-14-15(25)4-5-16(20(14)26)31-35(33,34)17-7-13(23)6-12(9-32)19(17)24/h4-8,31-32H,9H2,1H3,(H2,27,28)(H,29,30). The number of H-pyrrole nitrogens is 1. The highest BCUT2D eigenvalue weighted by atomic mass is 35.5. The van der Waals surface area contributed by atoms with Gasteiger partial charge in [0.1, 0.15) is 22.0 Å². The highest BCUT2D eigenvalue weighted by Gasteiger charge is 2.24. The Balaban J connectivity index is 1.76. The zero-order valence-electron chi connectivity index (χ0n) is 17.7. The topological polar surface area (TPSA) is 134 Å². The highest BCUT2D eigenvalue weighted by molar-refractivity contribution is 7.92. The van der Waals surface area contributed by atoms with Gasteiger partial charge in [-0.2, -0.15) is 5.10 Å². The van der Waals surface area contributed by atoms with Crippen LogP contribution in [0.2, 0.25) is 10.0 Å². The van der Waals surface area contributed by atoms with E-state index in [1.165, 1.54) is 12.3 Å². The summed E-state index contributed by atoms with van der Waals surface area (Å²) in [6, 6.07) is 4.09. The summed E-state index contributed by atoms with van der Waals surface area (Å²) < 4.78 is 57.4. The molecule has 0 unspecified atom stereocenters. The van der Waals surface area contributed by atoms with E-state index in [2.05, 4.69) is 27.0 Å². The van der Waals surface area contributed by atoms with Gasteiger partial charge in [0.2, 0.25) is 0 Å². The maximum atomic E-state index is 15.2. The number of nitrogens with one attached hydrogen (secondary N) is 2. The van der Waals surface area contributed by atoms with Crippen molar-refractivity contribution in [3.63, 3.8) is 0 Å². The minimum absolute atomic E-state index is 0.0121. The number of benzene rings is 2. The Hall–Kier alpha value is -3.43. The number of aromatic amines is 1. The average Bonchev–Trinajstić information content (AvgIpc) is 3.20. The van der Waals surface area contributed by atoms with Gasteiger partial charge in [0.05, 0.1) is 33.8 Å². The number of aliphatic hydroxyl groups excluding tert-OH is 1. The maximum Gasteiger partial charge on any atom is 0.263 e. The average molecular weight is 538 g/mol. The summed E-state index contributed by atoms with van der Waals surface area (Å²) in [5.41, 5.74) is 5.92. The molecular formula is C22H15Cl2F2N5O3S. The van der Waals surface area contributed by atoms with Crippen LogP contribution in [0.1, 0.15) is 22.4 Å². The number of anilines is 2. The van der Waals surface area contributed by atoms with Crippen molar-refractivity contribution in [3.8, 4) is 11.8 Å². The minimum atomic E-state index is -4.48. The number of nitrogens with two attached hydrogens (primary N) is 1. The first-order valence-corrected chi connectivity index (χ1v) is 12.0. The number of hydrogen-bond donors (Lipinski definition) is 4. The van der Waals surface area contributed by atoms with Crippen molar-refractivity contribution >= 4 is 55.6 Å². The monoisotopic (exact) mass is 537 g/mol. The van der Waals surface area contributed by atoms with Crippen molar-refractivity contribution in [1.29, 1.82) is 0 Å². The molecule has 0 atom stereocenters. The summed E-state index contributed by atoms with van der Waals surface area (Å²) >= 11 is 12.0. The van der Waals surface area contributed by atoms with E-state index < -0.39 is 44.4 Å². The third-order valence-corrected chi connectivity index (χ3v) is 7.15. The number of hydrogen-bond acceptors (Lipinski definition) is 6. The first-order chi connectivity index (χ1) is 16.5. The van der Waals surface area contributed by atoms with Crippen LogP contribution in [-0.4, -0.2) is 28.7 Å². The van der Waals surface area contributed by atoms with Crippen molar-refractivity contribution in [1.82, 2.24) is 15.2 Å². The third kappa shape index (κ3) is 4.61. The molecule has 180 valence electrons. The second kappa shape index (κ2) is 9.31. The number of pyridine rings is 1. The van der Waals surface area contributed by atoms with Gasteiger partial charge in [-0.25, -0.2) is 22.2 Å². The zero-order valence-corrected chi connectivity index (χ0v) is 20.1. The molecule has 13 heteroatoms. The number of rotatable bonds is 4. The van der Waals surface area contributed by atoms with Crippen LogP contribution in [0.15, 0.2) is 35.4 Å². The smallest absolute Gasteiger partial charge is 0.263 e. The lowest BCUT2D eigenvalue weighted by Gasteiger charge is -2.13. The van der Waals surface area contributed by atoms with Crippen LogP contribution in [0.25, 0.3) is 10.9 Å². The van der Waals surface area contributed by atoms with E-state index in [1.54, 1.807) is 6.92 Å². The molecule has 2 aromatic heterocycles. The molecule has 35 heavy (non-hydrogen) atoms. The maximum absolute atomic E-state index is 15.2. The summed E-state index contributed by atoms with van der Waals surface area (Å²) in [6.07, 6.45) is 1.31. The highest BCUT2D eigenvalue weighted by Crippen LogP contribution is 2.32. The molecule has 5 N–H and O–H groups in total. The molecule has 4 rings (SSSR count). The van der Waals surface area contributed by atoms with Crippen LogP contribution < -0.4 is 10.5 Å². The number of aryl methyl sites for hydroxylation is 1. The van der Waals surface area contributed by atoms with Crippen molar-refractivity contribution in [2.45, 2.75) is 18.4 Å². The number of aliphatic hydroxyl groups is 1. The molecule has 0 saturated carbocycles. The molecule has 4 aromatic rings. The van der Waals surface area contributed by atoms with Gasteiger partial charge in [0.15, 0.2) is 5.82 Å². The molecule has 0 bridgehead atoms. The lowest BCUT2D eigenvalue weighted by atomic mass is 10.1. The van der Waals surface area contributed by atoms with E-state index in [-0.39, 0.29) is 27.0 Å². The van der Waals surface area contributed by atoms with E-state index in [9.17, 15) is 17.9 Å². The van der Waals surface area contributed by atoms with Crippen molar-refractivity contribution in [2.24, 2.45) is 0 Å². The van der Waals surface area contributed by atoms with E-state index >= 15 is 4.39 Å². The summed E-state index contributed by atoms with van der Waals surface area (Å²) in [7, 11) is -4.48. The summed E-state index contributed by atoms with van der Waals surface area (Å²) in [4.78, 5) is 3.53. The fraction of sp³-hybridized carbons (Fsp3) is 0.0909. The lowest BCUT2D eigenvalue weighted by Crippen LogP contribution is -2.16. The van der Waals surface area contributed by atoms with Gasteiger partial charge in [-0.1, -0.05) is 35.0 Å². The van der Waals surface area contributed by atoms with Crippen LogP contribution in [0.3, 0.4) is 0 Å². The molecule has 2 heterocycles. The summed E-state index contributed by atoms with van der Waals surface area (Å²) in [6.45, 7) is 1.16. The van der Waals surface area contributed by atoms with Crippen molar-refractivity contribution in [3.05, 3.63) is 74.5 Å². The van der Waals surface area contributed by atoms with Gasteiger partial charge in [0, 0.05) is 16.9 Å². The molecule has 8 nitrogen and oxygen atoms in total. The van der Waals surface area contributed by atoms with Gasteiger partial charge in [-0.05, 0) is 36.8 Å². The lowest BCUT2D eigenvalue weighted by molar-refractivity contribution is 0.281. The normalized spacial score (nSPS) is 11.4. The van der Waals surface area contributed by atoms with Crippen LogP contribution in [0.4, 0.5) is 20.3 Å². The number of fused-ring (bicyclic) bond motifs is 1. The molecule has 0 radical (unpaired) electrons. The Morgan fingerprint density at radius 2 is 1.97 bits per heavy atom. The Morgan fingerprint density at radius 3 is 2.69 bits per heavy atom. The van der Waals surface area contributed by atoms with Crippen molar-refractivity contribution in [2.75, 3.05) is 10.5 Å². The van der Waals surface area contributed by atoms with E-state index in [1.807, 2.05) is 4.72 Å². The van der Waals surface area contributed by atoms with E-state index in [4.69, 9.17) is 28.9 Å². The SMILES string of the molecule is Cc1[nH]nc2c(C#Cc3c(F)ccc(NS(=O)(=O)c4cc(Cl)cc(CO)c4Cl)c3F)cnc(N)c12. The van der Waals surface area contributed by atoms with Crippen molar-refractivity contribution < 1.29 is 22.3 Å². The van der Waals surface area contributed by atoms with Crippen LogP contribution in [0, 0.1) is 30.4 Å². The summed E-state index contributed by atoms with van der Waals surface area (Å²) in [5.74, 6) is 2.93. The second-order valence-electron chi connectivity index (χ2n) is 7.30. The molecule has 0 aliphatic heterocycles. The number of nitrogens with zero attached hydrogens (tertiary/aromatic N) is 2. The van der Waals surface area contributed by atoms with Crippen LogP contribution in [-0.2, 0) is 16.6 Å². The number of halogens is 4. The molecule has 2 aromatic carbocycles. The fourth-order valence-electron chi connectivity index (χ4n) is 3.29. The minimum Gasteiger partial charge on any atom is -0.392 e. The molecule has 0 aliphatic carbocycles. The Morgan fingerprint density at radius 1 is 1.23 bits per heavy atom. The summed E-state index contributed by atoms with van der Waals surface area (Å²) in [5, 5.41) is 16.4. The van der Waals surface area contributed by atoms with Crippen LogP contribution in [0.5, 0.6) is 0 Å². The molecule has 0 fully saturated rings. The van der Waals surface area contributed by atoms with E-state index in [0.29, 0.717) is 16.6 Å². The second-order valence-corrected chi connectivity index (χ2v) is 9.77. The van der Waals surface area contributed by atoms with Gasteiger partial charge in [0.25, 0.3) is 10.0 Å². The van der Waals surface area contributed by atoms with Gasteiger partial charge < -0.3 is 10.8 Å². The van der Waals surface area contributed by atoms with Gasteiger partial charge >= 0.3 is 0 Å². The Bertz CT molecular complexity index is 1660. The van der Waals surface area contributed by atoms with E-state index in [0.717, 1.165) is 18.2 Å². The Kier molecular flexibility index (Phi) is 6.57. The Labute approximate surface area is 208 Å². The molecule has 0 amide bonds. The van der Waals surface area contributed by atoms with Gasteiger partial charge in [-0.15, -0.1) is 0 Å². The largest absolute Gasteiger partial charge is 0.392 e. The zero-order chi connectivity index (χ0) is 25.5. The number of sulfonamides is 1. The number of aromatic nitrogens is 3.